The first-order valence-electron chi connectivity index (χ1n) is 7.31. The van der Waals surface area contributed by atoms with Gasteiger partial charge in [0, 0.05) is 32.2 Å². The number of ether oxygens (including phenoxy) is 1. The molecule has 0 radical (unpaired) electrons. The summed E-state index contributed by atoms with van der Waals surface area (Å²) in [5.74, 6) is 0.804. The van der Waals surface area contributed by atoms with Gasteiger partial charge in [0.25, 0.3) is 0 Å². The monoisotopic (exact) mass is 312 g/mol. The molecule has 7 nitrogen and oxygen atoms in total. The highest BCUT2D eigenvalue weighted by atomic mass is 16.6. The van der Waals surface area contributed by atoms with Crippen LogP contribution in [0.15, 0.2) is 40.9 Å². The second-order valence-corrected chi connectivity index (χ2v) is 5.15. The first-order valence-corrected chi connectivity index (χ1v) is 7.31. The van der Waals surface area contributed by atoms with Crippen LogP contribution in [0.2, 0.25) is 0 Å². The Morgan fingerprint density at radius 1 is 1.26 bits per heavy atom. The van der Waals surface area contributed by atoms with Crippen LogP contribution in [0, 0.1) is 6.57 Å². The van der Waals surface area contributed by atoms with E-state index >= 15 is 0 Å². The van der Waals surface area contributed by atoms with Gasteiger partial charge in [0.1, 0.15) is 6.61 Å². The molecule has 3 rings (SSSR count). The van der Waals surface area contributed by atoms with Crippen LogP contribution in [0.5, 0.6) is 0 Å². The Balaban J connectivity index is 1.48. The van der Waals surface area contributed by atoms with E-state index in [0.29, 0.717) is 32.0 Å². The molecule has 0 atom stereocenters. The molecule has 0 saturated carbocycles. The maximum absolute atomic E-state index is 12.1. The first-order chi connectivity index (χ1) is 11.3. The molecule has 1 aliphatic heterocycles. The van der Waals surface area contributed by atoms with E-state index < -0.39 is 0 Å². The highest BCUT2D eigenvalue weighted by molar-refractivity contribution is 5.68. The minimum Gasteiger partial charge on any atom is -0.445 e. The number of piperazine rings is 1. The molecule has 0 spiro atoms. The van der Waals surface area contributed by atoms with Gasteiger partial charge in [-0.05, 0) is 5.56 Å². The SMILES string of the molecule is [C-]#[N+]c1cc(N2CCN(C(=O)OCc3ccccc3)CC2)no1. The molecule has 1 aromatic heterocycles. The fraction of sp³-hybridized carbons (Fsp3) is 0.312. The number of benzene rings is 1. The minimum atomic E-state index is -0.310. The molecule has 118 valence electrons. The predicted octanol–water partition coefficient (Wildman–Crippen LogP) is 2.68. The van der Waals surface area contributed by atoms with E-state index in [-0.39, 0.29) is 18.6 Å². The van der Waals surface area contributed by atoms with Crippen molar-refractivity contribution in [3.05, 3.63) is 53.4 Å². The summed E-state index contributed by atoms with van der Waals surface area (Å²) in [6.45, 7) is 9.51. The third-order valence-corrected chi connectivity index (χ3v) is 3.66. The van der Waals surface area contributed by atoms with Crippen molar-refractivity contribution in [1.82, 2.24) is 10.1 Å². The maximum atomic E-state index is 12.1. The minimum absolute atomic E-state index is 0.171. The number of hydrogen-bond acceptors (Lipinski definition) is 5. The van der Waals surface area contributed by atoms with Crippen molar-refractivity contribution in [2.45, 2.75) is 6.61 Å². The van der Waals surface area contributed by atoms with Gasteiger partial charge in [-0.2, -0.15) is 4.85 Å². The first kappa shape index (κ1) is 14.9. The maximum Gasteiger partial charge on any atom is 0.410 e. The number of rotatable bonds is 3. The van der Waals surface area contributed by atoms with E-state index in [1.807, 2.05) is 35.2 Å². The summed E-state index contributed by atoms with van der Waals surface area (Å²) < 4.78 is 10.2. The third kappa shape index (κ3) is 3.61. The van der Waals surface area contributed by atoms with Gasteiger partial charge in [-0.15, -0.1) is 0 Å². The van der Waals surface area contributed by atoms with E-state index in [1.54, 1.807) is 11.0 Å². The number of aromatic nitrogens is 1. The fourth-order valence-electron chi connectivity index (χ4n) is 2.39. The molecule has 23 heavy (non-hydrogen) atoms. The molecule has 1 saturated heterocycles. The molecule has 1 aromatic carbocycles. The zero-order chi connectivity index (χ0) is 16.1. The standard InChI is InChI=1S/C16H16N4O3/c1-17-15-11-14(18-23-15)19-7-9-20(10-8-19)16(21)22-12-13-5-3-2-4-6-13/h2-6,11H,7-10,12H2. The lowest BCUT2D eigenvalue weighted by Gasteiger charge is -2.33. The molecule has 2 aromatic rings. The van der Waals surface area contributed by atoms with Crippen molar-refractivity contribution in [3.8, 4) is 0 Å². The van der Waals surface area contributed by atoms with Crippen LogP contribution in [0.4, 0.5) is 16.5 Å². The van der Waals surface area contributed by atoms with Crippen molar-refractivity contribution in [1.29, 1.82) is 0 Å². The second kappa shape index (κ2) is 6.83. The lowest BCUT2D eigenvalue weighted by atomic mass is 10.2. The van der Waals surface area contributed by atoms with Crippen molar-refractivity contribution >= 4 is 17.8 Å². The summed E-state index contributed by atoms with van der Waals surface area (Å²) in [4.78, 5) is 18.9. The Morgan fingerprint density at radius 2 is 2.00 bits per heavy atom. The number of amides is 1. The third-order valence-electron chi connectivity index (χ3n) is 3.66. The zero-order valence-corrected chi connectivity index (χ0v) is 12.5. The van der Waals surface area contributed by atoms with Crippen LogP contribution < -0.4 is 4.90 Å². The summed E-state index contributed by atoms with van der Waals surface area (Å²) >= 11 is 0. The van der Waals surface area contributed by atoms with Crippen LogP contribution in [-0.2, 0) is 11.3 Å². The lowest BCUT2D eigenvalue weighted by Crippen LogP contribution is -2.49. The van der Waals surface area contributed by atoms with Gasteiger partial charge in [0.05, 0.1) is 6.57 Å². The Morgan fingerprint density at radius 3 is 2.65 bits per heavy atom. The van der Waals surface area contributed by atoms with Crippen molar-refractivity contribution in [2.75, 3.05) is 31.1 Å². The molecule has 1 amide bonds. The number of carbonyl (C=O) groups excluding carboxylic acids is 1. The molecule has 1 aliphatic rings. The average molecular weight is 312 g/mol. The molecule has 0 bridgehead atoms. The van der Waals surface area contributed by atoms with Crippen LogP contribution >= 0.6 is 0 Å². The van der Waals surface area contributed by atoms with Crippen LogP contribution in [0.3, 0.4) is 0 Å². The Labute approximate surface area is 133 Å². The molecule has 2 heterocycles. The molecular weight excluding hydrogens is 296 g/mol. The number of nitrogens with zero attached hydrogens (tertiary/aromatic N) is 4. The smallest absolute Gasteiger partial charge is 0.410 e. The molecule has 7 heteroatoms. The summed E-state index contributed by atoms with van der Waals surface area (Å²) in [5.41, 5.74) is 0.966. The van der Waals surface area contributed by atoms with E-state index in [9.17, 15) is 4.79 Å². The van der Waals surface area contributed by atoms with Crippen LogP contribution in [0.1, 0.15) is 5.56 Å². The summed E-state index contributed by atoms with van der Waals surface area (Å²) in [5, 5.41) is 3.86. The van der Waals surface area contributed by atoms with Crippen LogP contribution in [-0.4, -0.2) is 42.3 Å². The number of hydrogen-bond donors (Lipinski definition) is 0. The van der Waals surface area contributed by atoms with Gasteiger partial charge < -0.3 is 19.1 Å². The van der Waals surface area contributed by atoms with E-state index in [2.05, 4.69) is 10.0 Å². The van der Waals surface area contributed by atoms with Crippen LogP contribution in [0.25, 0.3) is 4.85 Å². The van der Waals surface area contributed by atoms with Crippen molar-refractivity contribution in [2.24, 2.45) is 0 Å². The quantitative estimate of drug-likeness (QED) is 0.815. The zero-order valence-electron chi connectivity index (χ0n) is 12.5. The van der Waals surface area contributed by atoms with Gasteiger partial charge >= 0.3 is 12.0 Å². The number of carbonyl (C=O) groups is 1. The van der Waals surface area contributed by atoms with Gasteiger partial charge in [-0.25, -0.2) is 4.79 Å². The van der Waals surface area contributed by atoms with E-state index in [1.165, 1.54) is 0 Å². The molecule has 0 unspecified atom stereocenters. The fourth-order valence-corrected chi connectivity index (χ4v) is 2.39. The summed E-state index contributed by atoms with van der Waals surface area (Å²) in [6.07, 6.45) is -0.310. The average Bonchev–Trinajstić information content (AvgIpc) is 3.10. The number of anilines is 1. The van der Waals surface area contributed by atoms with Crippen molar-refractivity contribution in [3.63, 3.8) is 0 Å². The van der Waals surface area contributed by atoms with Gasteiger partial charge in [-0.3, -0.25) is 0 Å². The van der Waals surface area contributed by atoms with E-state index in [4.69, 9.17) is 15.8 Å². The molecule has 0 N–H and O–H groups in total. The Bertz CT molecular complexity index is 700. The summed E-state index contributed by atoms with van der Waals surface area (Å²) in [6, 6.07) is 11.2. The summed E-state index contributed by atoms with van der Waals surface area (Å²) in [7, 11) is 0. The van der Waals surface area contributed by atoms with E-state index in [0.717, 1.165) is 5.56 Å². The largest absolute Gasteiger partial charge is 0.445 e. The highest BCUT2D eigenvalue weighted by Gasteiger charge is 2.24. The lowest BCUT2D eigenvalue weighted by molar-refractivity contribution is 0.0941. The molecule has 0 aliphatic carbocycles. The Kier molecular flexibility index (Phi) is 4.43. The van der Waals surface area contributed by atoms with Crippen molar-refractivity contribution < 1.29 is 14.1 Å². The predicted molar refractivity (Wildman–Crippen MR) is 83.2 cm³/mol. The highest BCUT2D eigenvalue weighted by Crippen LogP contribution is 2.21. The van der Waals surface area contributed by atoms with Gasteiger partial charge in [0.2, 0.25) is 0 Å². The topological polar surface area (TPSA) is 63.2 Å². The Hall–Kier alpha value is -3.01. The van der Waals surface area contributed by atoms with Gasteiger partial charge in [0.15, 0.2) is 5.82 Å². The van der Waals surface area contributed by atoms with Gasteiger partial charge in [-0.1, -0.05) is 35.5 Å². The second-order valence-electron chi connectivity index (χ2n) is 5.15. The normalized spacial score (nSPS) is 14.4. The molecule has 1 fully saturated rings. The molecular formula is C16H16N4O3.